The number of aromatic nitrogens is 2. The molecule has 5 heteroatoms. The Morgan fingerprint density at radius 1 is 1.47 bits per heavy atom. The van der Waals surface area contributed by atoms with E-state index in [2.05, 4.69) is 17.3 Å². The minimum Gasteiger partial charge on any atom is -0.468 e. The number of hydrogen-bond acceptors (Lipinski definition) is 4. The molecule has 0 saturated carbocycles. The van der Waals surface area contributed by atoms with Crippen LogP contribution in [-0.4, -0.2) is 28.9 Å². The molecule has 1 aromatic rings. The largest absolute Gasteiger partial charge is 0.468 e. The van der Waals surface area contributed by atoms with Crippen molar-refractivity contribution in [2.24, 2.45) is 7.05 Å². The van der Waals surface area contributed by atoms with Crippen LogP contribution in [0.1, 0.15) is 43.1 Å². The maximum absolute atomic E-state index is 11.7. The summed E-state index contributed by atoms with van der Waals surface area (Å²) in [5, 5.41) is 7.66. The van der Waals surface area contributed by atoms with Crippen molar-refractivity contribution >= 4 is 5.97 Å². The molecule has 1 rings (SSSR count). The number of carbonyl (C=O) groups is 1. The van der Waals surface area contributed by atoms with E-state index in [9.17, 15) is 4.79 Å². The zero-order valence-electron chi connectivity index (χ0n) is 12.6. The van der Waals surface area contributed by atoms with Crippen LogP contribution in [0.5, 0.6) is 0 Å². The molecule has 0 bridgehead atoms. The van der Waals surface area contributed by atoms with E-state index in [0.717, 1.165) is 36.2 Å². The molecule has 0 spiro atoms. The van der Waals surface area contributed by atoms with Crippen molar-refractivity contribution in [2.75, 3.05) is 7.11 Å². The molecule has 0 aromatic carbocycles. The van der Waals surface area contributed by atoms with Gasteiger partial charge in [0.15, 0.2) is 0 Å². The summed E-state index contributed by atoms with van der Waals surface area (Å²) >= 11 is 0. The fourth-order valence-corrected chi connectivity index (χ4v) is 2.15. The Morgan fingerprint density at radius 2 is 2.16 bits per heavy atom. The van der Waals surface area contributed by atoms with Crippen molar-refractivity contribution in [2.45, 2.75) is 52.6 Å². The SMILES string of the molecule is CCCCC(NCc1c(C)nn(C)c1C)C(=O)OC. The number of nitrogens with zero attached hydrogens (tertiary/aromatic N) is 2. The van der Waals surface area contributed by atoms with Gasteiger partial charge in [-0.25, -0.2) is 0 Å². The van der Waals surface area contributed by atoms with Crippen LogP contribution in [-0.2, 0) is 23.1 Å². The first-order valence-corrected chi connectivity index (χ1v) is 6.81. The van der Waals surface area contributed by atoms with Gasteiger partial charge in [0.05, 0.1) is 12.8 Å². The number of esters is 1. The fraction of sp³-hybridized carbons (Fsp3) is 0.714. The summed E-state index contributed by atoms with van der Waals surface area (Å²) in [6.07, 6.45) is 2.89. The zero-order valence-corrected chi connectivity index (χ0v) is 12.6. The Hall–Kier alpha value is -1.36. The van der Waals surface area contributed by atoms with Gasteiger partial charge in [-0.15, -0.1) is 0 Å². The number of rotatable bonds is 7. The predicted molar refractivity (Wildman–Crippen MR) is 74.9 cm³/mol. The molecule has 1 aromatic heterocycles. The topological polar surface area (TPSA) is 56.2 Å². The fourth-order valence-electron chi connectivity index (χ4n) is 2.15. The maximum Gasteiger partial charge on any atom is 0.322 e. The summed E-state index contributed by atoms with van der Waals surface area (Å²) in [5.74, 6) is -0.187. The summed E-state index contributed by atoms with van der Waals surface area (Å²) in [6.45, 7) is 6.79. The van der Waals surface area contributed by atoms with E-state index >= 15 is 0 Å². The predicted octanol–water partition coefficient (Wildman–Crippen LogP) is 1.86. The lowest BCUT2D eigenvalue weighted by molar-refractivity contribution is -0.143. The van der Waals surface area contributed by atoms with Gasteiger partial charge < -0.3 is 10.1 Å². The van der Waals surface area contributed by atoms with Crippen LogP contribution in [0.3, 0.4) is 0 Å². The number of aryl methyl sites for hydroxylation is 2. The summed E-state index contributed by atoms with van der Waals surface area (Å²) in [6, 6.07) is -0.232. The number of nitrogens with one attached hydrogen (secondary N) is 1. The van der Waals surface area contributed by atoms with Gasteiger partial charge in [-0.05, 0) is 20.3 Å². The second kappa shape index (κ2) is 7.28. The summed E-state index contributed by atoms with van der Waals surface area (Å²) < 4.78 is 6.71. The lowest BCUT2D eigenvalue weighted by Gasteiger charge is -2.16. The smallest absolute Gasteiger partial charge is 0.322 e. The molecule has 1 heterocycles. The Bertz CT molecular complexity index is 427. The first kappa shape index (κ1) is 15.7. The van der Waals surface area contributed by atoms with Crippen LogP contribution < -0.4 is 5.32 Å². The highest BCUT2D eigenvalue weighted by molar-refractivity contribution is 5.75. The van der Waals surface area contributed by atoms with Gasteiger partial charge in [-0.1, -0.05) is 19.8 Å². The molecule has 1 atom stereocenters. The normalized spacial score (nSPS) is 12.5. The average molecular weight is 267 g/mol. The van der Waals surface area contributed by atoms with Crippen molar-refractivity contribution in [3.8, 4) is 0 Å². The average Bonchev–Trinajstić information content (AvgIpc) is 2.63. The van der Waals surface area contributed by atoms with E-state index in [0.29, 0.717) is 6.54 Å². The van der Waals surface area contributed by atoms with Crippen LogP contribution in [0.25, 0.3) is 0 Å². The van der Waals surface area contributed by atoms with E-state index in [1.54, 1.807) is 0 Å². The first-order chi connectivity index (χ1) is 9.01. The Balaban J connectivity index is 2.67. The lowest BCUT2D eigenvalue weighted by atomic mass is 10.1. The zero-order chi connectivity index (χ0) is 14.4. The third kappa shape index (κ3) is 4.06. The van der Waals surface area contributed by atoms with Gasteiger partial charge in [0.2, 0.25) is 0 Å². The number of hydrogen-bond donors (Lipinski definition) is 1. The number of ether oxygens (including phenoxy) is 1. The monoisotopic (exact) mass is 267 g/mol. The van der Waals surface area contributed by atoms with Crippen molar-refractivity contribution in [1.82, 2.24) is 15.1 Å². The number of carbonyl (C=O) groups excluding carboxylic acids is 1. The van der Waals surface area contributed by atoms with E-state index in [1.807, 2.05) is 25.6 Å². The van der Waals surface area contributed by atoms with Crippen molar-refractivity contribution < 1.29 is 9.53 Å². The molecular formula is C14H25N3O2. The van der Waals surface area contributed by atoms with Crippen molar-refractivity contribution in [3.63, 3.8) is 0 Å². The summed E-state index contributed by atoms with van der Waals surface area (Å²) in [7, 11) is 3.37. The van der Waals surface area contributed by atoms with Crippen LogP contribution >= 0.6 is 0 Å². The van der Waals surface area contributed by atoms with Crippen molar-refractivity contribution in [3.05, 3.63) is 17.0 Å². The van der Waals surface area contributed by atoms with E-state index in [-0.39, 0.29) is 12.0 Å². The number of methoxy groups -OCH3 is 1. The lowest BCUT2D eigenvalue weighted by Crippen LogP contribution is -2.37. The molecule has 0 aliphatic rings. The van der Waals surface area contributed by atoms with Crippen LogP contribution in [0, 0.1) is 13.8 Å². The minimum absolute atomic E-state index is 0.187. The van der Waals surface area contributed by atoms with Gasteiger partial charge in [0.1, 0.15) is 6.04 Å². The molecule has 0 aliphatic carbocycles. The highest BCUT2D eigenvalue weighted by Gasteiger charge is 2.19. The van der Waals surface area contributed by atoms with E-state index in [4.69, 9.17) is 4.74 Å². The molecule has 1 unspecified atom stereocenters. The Labute approximate surface area is 115 Å². The van der Waals surface area contributed by atoms with Gasteiger partial charge in [-0.3, -0.25) is 9.48 Å². The molecule has 0 amide bonds. The highest BCUT2D eigenvalue weighted by atomic mass is 16.5. The van der Waals surface area contributed by atoms with Crippen molar-refractivity contribution in [1.29, 1.82) is 0 Å². The molecule has 108 valence electrons. The molecule has 0 aliphatic heterocycles. The third-order valence-electron chi connectivity index (χ3n) is 3.52. The summed E-state index contributed by atoms with van der Waals surface area (Å²) in [4.78, 5) is 11.7. The van der Waals surface area contributed by atoms with E-state index < -0.39 is 0 Å². The van der Waals surface area contributed by atoms with Gasteiger partial charge >= 0.3 is 5.97 Å². The van der Waals surface area contributed by atoms with Crippen LogP contribution in [0.15, 0.2) is 0 Å². The second-order valence-electron chi connectivity index (χ2n) is 4.87. The van der Waals surface area contributed by atoms with Gasteiger partial charge in [0.25, 0.3) is 0 Å². The van der Waals surface area contributed by atoms with Crippen LogP contribution in [0.2, 0.25) is 0 Å². The molecular weight excluding hydrogens is 242 g/mol. The molecule has 5 nitrogen and oxygen atoms in total. The second-order valence-corrected chi connectivity index (χ2v) is 4.87. The Morgan fingerprint density at radius 3 is 2.63 bits per heavy atom. The summed E-state index contributed by atoms with van der Waals surface area (Å²) in [5.41, 5.74) is 3.30. The minimum atomic E-state index is -0.232. The van der Waals surface area contributed by atoms with Crippen LogP contribution in [0.4, 0.5) is 0 Å². The molecule has 0 saturated heterocycles. The van der Waals surface area contributed by atoms with Gasteiger partial charge in [-0.2, -0.15) is 5.10 Å². The number of unbranched alkanes of at least 4 members (excludes halogenated alkanes) is 1. The molecule has 0 fully saturated rings. The highest BCUT2D eigenvalue weighted by Crippen LogP contribution is 2.12. The maximum atomic E-state index is 11.7. The third-order valence-corrected chi connectivity index (χ3v) is 3.52. The Kier molecular flexibility index (Phi) is 6.02. The quantitative estimate of drug-likeness (QED) is 0.766. The molecule has 19 heavy (non-hydrogen) atoms. The molecule has 0 radical (unpaired) electrons. The van der Waals surface area contributed by atoms with E-state index in [1.165, 1.54) is 7.11 Å². The standard InChI is InChI=1S/C14H25N3O2/c1-6-7-8-13(14(18)19-5)15-9-12-10(2)16-17(4)11(12)3/h13,15H,6-9H2,1-5H3. The first-order valence-electron chi connectivity index (χ1n) is 6.81. The van der Waals surface area contributed by atoms with Gasteiger partial charge in [0, 0.05) is 24.8 Å². The molecule has 1 N–H and O–H groups in total.